The molecule has 11 heavy (non-hydrogen) atoms. The number of carbonyl (C=O) groups is 1. The molecule has 0 fully saturated rings. The molecule has 1 aromatic rings. The van der Waals surface area contributed by atoms with Crippen LogP contribution in [0, 0.1) is 0 Å². The normalized spacial score (nSPS) is 14.7. The molecule has 0 atom stereocenters. The first kappa shape index (κ1) is 6.15. The predicted octanol–water partition coefficient (Wildman–Crippen LogP) is -1.14. The van der Waals surface area contributed by atoms with Gasteiger partial charge in [0.05, 0.1) is 0 Å². The van der Waals surface area contributed by atoms with E-state index in [1.807, 2.05) is 0 Å². The average Bonchev–Trinajstić information content (AvgIpc) is 2.04. The van der Waals surface area contributed by atoms with Gasteiger partial charge in [-0.1, -0.05) is 0 Å². The van der Waals surface area contributed by atoms with E-state index in [1.54, 1.807) is 18.3 Å². The van der Waals surface area contributed by atoms with Crippen LogP contribution in [0.3, 0.4) is 0 Å². The maximum atomic E-state index is 10.7. The van der Waals surface area contributed by atoms with E-state index in [2.05, 4.69) is 15.0 Å². The molecule has 1 aliphatic rings. The summed E-state index contributed by atoms with van der Waals surface area (Å²) in [5, 5.41) is 0.573. The molecule has 0 radical (unpaired) electrons. The molecule has 54 valence electrons. The zero-order valence-electron chi connectivity index (χ0n) is 5.69. The lowest BCUT2D eigenvalue weighted by Gasteiger charge is -1.94. The second-order valence-corrected chi connectivity index (χ2v) is 2.17. The summed E-state index contributed by atoms with van der Waals surface area (Å²) in [6.45, 7) is 0.129. The Bertz CT molecular complexity index is 410. The first-order valence-electron chi connectivity index (χ1n) is 3.23. The number of rotatable bonds is 0. The zero-order chi connectivity index (χ0) is 7.68. The third-order valence-electron chi connectivity index (χ3n) is 1.38. The van der Waals surface area contributed by atoms with Crippen molar-refractivity contribution < 1.29 is 4.79 Å². The molecule has 1 aromatic heterocycles. The summed E-state index contributed by atoms with van der Waals surface area (Å²) < 4.78 is 0. The number of nitrogens with zero attached hydrogens (tertiary/aromatic N) is 3. The molecule has 2 heterocycles. The Morgan fingerprint density at radius 1 is 1.45 bits per heavy atom. The van der Waals surface area contributed by atoms with Gasteiger partial charge in [-0.25, -0.2) is 9.98 Å². The van der Waals surface area contributed by atoms with Gasteiger partial charge in [0.15, 0.2) is 5.49 Å². The number of hydrogen-bond acceptors (Lipinski definition) is 3. The highest BCUT2D eigenvalue weighted by atomic mass is 16.1. The van der Waals surface area contributed by atoms with E-state index >= 15 is 0 Å². The van der Waals surface area contributed by atoms with E-state index in [0.717, 1.165) is 0 Å². The van der Waals surface area contributed by atoms with E-state index in [-0.39, 0.29) is 12.5 Å². The van der Waals surface area contributed by atoms with E-state index in [9.17, 15) is 4.79 Å². The van der Waals surface area contributed by atoms with Crippen molar-refractivity contribution in [3.05, 3.63) is 29.2 Å². The highest BCUT2D eigenvalue weighted by molar-refractivity contribution is 5.79. The standard InChI is InChI=1S/C7H5N3O/c11-6-4-9-7-5(10-6)2-1-3-8-7/h1-3H,4H2. The molecule has 0 N–H and O–H groups in total. The topological polar surface area (TPSA) is 54.7 Å². The average molecular weight is 147 g/mol. The van der Waals surface area contributed by atoms with Crippen molar-refractivity contribution in [2.75, 3.05) is 6.54 Å². The number of carbonyl (C=O) groups excluding carboxylic acids is 1. The van der Waals surface area contributed by atoms with Gasteiger partial charge in [0, 0.05) is 6.20 Å². The summed E-state index contributed by atoms with van der Waals surface area (Å²) in [7, 11) is 0. The summed E-state index contributed by atoms with van der Waals surface area (Å²) in [6, 6.07) is 3.46. The zero-order valence-corrected chi connectivity index (χ0v) is 5.69. The van der Waals surface area contributed by atoms with Crippen LogP contribution >= 0.6 is 0 Å². The van der Waals surface area contributed by atoms with Gasteiger partial charge in [0.25, 0.3) is 5.91 Å². The second-order valence-electron chi connectivity index (χ2n) is 2.17. The number of hydrogen-bond donors (Lipinski definition) is 0. The van der Waals surface area contributed by atoms with Crippen molar-refractivity contribution in [3.63, 3.8) is 0 Å². The predicted molar refractivity (Wildman–Crippen MR) is 36.4 cm³/mol. The van der Waals surface area contributed by atoms with E-state index in [4.69, 9.17) is 0 Å². The van der Waals surface area contributed by atoms with Crippen LogP contribution < -0.4 is 10.8 Å². The number of fused-ring (bicyclic) bond motifs is 1. The second kappa shape index (κ2) is 2.23. The summed E-state index contributed by atoms with van der Waals surface area (Å²) in [5.74, 6) is -0.203. The fraction of sp³-hybridized carbons (Fsp3) is 0.143. The molecular weight excluding hydrogens is 142 g/mol. The summed E-state index contributed by atoms with van der Waals surface area (Å²) in [4.78, 5) is 22.3. The largest absolute Gasteiger partial charge is 0.270 e. The van der Waals surface area contributed by atoms with Gasteiger partial charge < -0.3 is 0 Å². The van der Waals surface area contributed by atoms with Crippen molar-refractivity contribution in [1.29, 1.82) is 0 Å². The maximum absolute atomic E-state index is 10.7. The van der Waals surface area contributed by atoms with Gasteiger partial charge >= 0.3 is 0 Å². The highest BCUT2D eigenvalue weighted by Crippen LogP contribution is 1.78. The fourth-order valence-corrected chi connectivity index (χ4v) is 0.910. The van der Waals surface area contributed by atoms with Gasteiger partial charge in [-0.2, -0.15) is 0 Å². The molecule has 0 aromatic carbocycles. The molecule has 4 nitrogen and oxygen atoms in total. The summed E-state index contributed by atoms with van der Waals surface area (Å²) >= 11 is 0. The third-order valence-corrected chi connectivity index (χ3v) is 1.38. The quantitative estimate of drug-likeness (QED) is 0.465. The van der Waals surface area contributed by atoms with Crippen LogP contribution in [0.2, 0.25) is 0 Å². The Morgan fingerprint density at radius 2 is 2.36 bits per heavy atom. The van der Waals surface area contributed by atoms with Crippen molar-refractivity contribution in [3.8, 4) is 0 Å². The molecule has 2 rings (SSSR count). The van der Waals surface area contributed by atoms with Crippen LogP contribution in [0.15, 0.2) is 28.3 Å². The van der Waals surface area contributed by atoms with Crippen LogP contribution in [-0.4, -0.2) is 17.4 Å². The lowest BCUT2D eigenvalue weighted by Crippen LogP contribution is -2.33. The number of pyridine rings is 1. The minimum absolute atomic E-state index is 0.129. The van der Waals surface area contributed by atoms with Gasteiger partial charge in [0.2, 0.25) is 0 Å². The number of amides is 1. The van der Waals surface area contributed by atoms with Crippen LogP contribution in [-0.2, 0) is 4.79 Å². The van der Waals surface area contributed by atoms with Crippen LogP contribution in [0.5, 0.6) is 0 Å². The smallest absolute Gasteiger partial charge is 0.268 e. The number of aromatic nitrogens is 1. The lowest BCUT2D eigenvalue weighted by molar-refractivity contribution is -0.116. The van der Waals surface area contributed by atoms with E-state index < -0.39 is 0 Å². The van der Waals surface area contributed by atoms with E-state index in [0.29, 0.717) is 10.8 Å². The molecule has 1 aliphatic heterocycles. The molecule has 0 aliphatic carbocycles. The van der Waals surface area contributed by atoms with Crippen molar-refractivity contribution in [2.24, 2.45) is 9.98 Å². The van der Waals surface area contributed by atoms with Gasteiger partial charge in [-0.15, -0.1) is 0 Å². The molecule has 0 saturated carbocycles. The monoisotopic (exact) mass is 147 g/mol. The third kappa shape index (κ3) is 1.02. The molecular formula is C7H5N3O. The SMILES string of the molecule is O=C1CN=c2ncccc2=N1. The Balaban J connectivity index is 2.83. The van der Waals surface area contributed by atoms with Crippen LogP contribution in [0.1, 0.15) is 0 Å². The van der Waals surface area contributed by atoms with E-state index in [1.165, 1.54) is 0 Å². The van der Waals surface area contributed by atoms with Gasteiger partial charge in [0.1, 0.15) is 11.9 Å². The van der Waals surface area contributed by atoms with Crippen molar-refractivity contribution >= 4 is 5.91 Å². The Morgan fingerprint density at radius 3 is 3.27 bits per heavy atom. The molecule has 0 bridgehead atoms. The van der Waals surface area contributed by atoms with Crippen molar-refractivity contribution in [2.45, 2.75) is 0 Å². The summed E-state index contributed by atoms with van der Waals surface area (Å²) in [6.07, 6.45) is 1.63. The Hall–Kier alpha value is -1.58. The Labute approximate surface area is 62.3 Å². The molecule has 0 unspecified atom stereocenters. The van der Waals surface area contributed by atoms with Crippen LogP contribution in [0.4, 0.5) is 0 Å². The van der Waals surface area contributed by atoms with Crippen molar-refractivity contribution in [1.82, 2.24) is 4.98 Å². The molecule has 0 spiro atoms. The minimum atomic E-state index is -0.203. The van der Waals surface area contributed by atoms with Gasteiger partial charge in [-0.05, 0) is 12.1 Å². The minimum Gasteiger partial charge on any atom is -0.270 e. The van der Waals surface area contributed by atoms with Gasteiger partial charge in [-0.3, -0.25) is 9.79 Å². The highest BCUT2D eigenvalue weighted by Gasteiger charge is 2.02. The van der Waals surface area contributed by atoms with Crippen LogP contribution in [0.25, 0.3) is 0 Å². The first-order valence-corrected chi connectivity index (χ1v) is 3.23. The lowest BCUT2D eigenvalue weighted by atomic mass is 10.4. The molecule has 0 saturated heterocycles. The summed E-state index contributed by atoms with van der Waals surface area (Å²) in [5.41, 5.74) is 0.562. The first-order chi connectivity index (χ1) is 5.36. The Kier molecular flexibility index (Phi) is 1.25. The maximum Gasteiger partial charge on any atom is 0.268 e. The molecule has 4 heteroatoms. The fourth-order valence-electron chi connectivity index (χ4n) is 0.910. The molecule has 1 amide bonds.